The van der Waals surface area contributed by atoms with Crippen LogP contribution in [0.4, 0.5) is 0 Å². The van der Waals surface area contributed by atoms with Gasteiger partial charge in [-0.2, -0.15) is 5.10 Å². The van der Waals surface area contributed by atoms with Crippen molar-refractivity contribution in [1.29, 1.82) is 0 Å². The van der Waals surface area contributed by atoms with Crippen LogP contribution in [0.1, 0.15) is 50.3 Å². The third kappa shape index (κ3) is 3.14. The number of hydrogen-bond donors (Lipinski definition) is 1. The van der Waals surface area contributed by atoms with Crippen LogP contribution in [0.2, 0.25) is 0 Å². The van der Waals surface area contributed by atoms with Gasteiger partial charge in [-0.1, -0.05) is 0 Å². The summed E-state index contributed by atoms with van der Waals surface area (Å²) in [5.41, 5.74) is 7.76. The molecule has 0 saturated carbocycles. The number of primary amides is 1. The minimum absolute atomic E-state index is 0.0336. The van der Waals surface area contributed by atoms with Crippen LogP contribution in [-0.4, -0.2) is 39.6 Å². The number of aryl methyl sites for hydroxylation is 2. The average molecular weight is 332 g/mol. The second kappa shape index (κ2) is 6.16. The Balaban J connectivity index is 1.76. The smallest absolute Gasteiger partial charge is 0.264 e. The highest BCUT2D eigenvalue weighted by Crippen LogP contribution is 2.25. The van der Waals surface area contributed by atoms with Crippen molar-refractivity contribution in [1.82, 2.24) is 14.7 Å². The third-order valence-corrected chi connectivity index (χ3v) is 5.09. The summed E-state index contributed by atoms with van der Waals surface area (Å²) in [5, 5.41) is 6.18. The number of hydrogen-bond acceptors (Lipinski definition) is 4. The minimum atomic E-state index is -0.500. The minimum Gasteiger partial charge on any atom is -0.366 e. The van der Waals surface area contributed by atoms with Crippen molar-refractivity contribution in [3.8, 4) is 0 Å². The Bertz CT molecular complexity index is 749. The van der Waals surface area contributed by atoms with Gasteiger partial charge in [-0.25, -0.2) is 0 Å². The maximum atomic E-state index is 12.7. The lowest BCUT2D eigenvalue weighted by molar-refractivity contribution is 0.0676. The van der Waals surface area contributed by atoms with Crippen molar-refractivity contribution >= 4 is 23.2 Å². The lowest BCUT2D eigenvalue weighted by Crippen LogP contribution is -2.40. The van der Waals surface area contributed by atoms with Crippen LogP contribution >= 0.6 is 11.3 Å². The zero-order valence-electron chi connectivity index (χ0n) is 13.3. The molecule has 1 aliphatic rings. The number of thiophene rings is 1. The van der Waals surface area contributed by atoms with Crippen molar-refractivity contribution in [3.63, 3.8) is 0 Å². The third-order valence-electron chi connectivity index (χ3n) is 4.17. The molecule has 2 aromatic rings. The quantitative estimate of drug-likeness (QED) is 0.935. The largest absolute Gasteiger partial charge is 0.366 e. The van der Waals surface area contributed by atoms with E-state index in [1.165, 1.54) is 11.3 Å². The molecule has 0 spiro atoms. The van der Waals surface area contributed by atoms with Crippen molar-refractivity contribution < 1.29 is 9.59 Å². The van der Waals surface area contributed by atoms with E-state index in [4.69, 9.17) is 5.73 Å². The normalized spacial score (nSPS) is 18.2. The Morgan fingerprint density at radius 1 is 1.35 bits per heavy atom. The second-order valence-electron chi connectivity index (χ2n) is 5.98. The summed E-state index contributed by atoms with van der Waals surface area (Å²) in [6.07, 6.45) is 1.96. The zero-order valence-corrected chi connectivity index (χ0v) is 14.1. The van der Waals surface area contributed by atoms with Crippen LogP contribution in [0.15, 0.2) is 17.5 Å². The predicted molar refractivity (Wildman–Crippen MR) is 88.7 cm³/mol. The molecule has 2 amide bonds. The number of rotatable bonds is 3. The maximum absolute atomic E-state index is 12.7. The van der Waals surface area contributed by atoms with Gasteiger partial charge < -0.3 is 10.6 Å². The van der Waals surface area contributed by atoms with E-state index >= 15 is 0 Å². The van der Waals surface area contributed by atoms with E-state index in [0.29, 0.717) is 17.0 Å². The van der Waals surface area contributed by atoms with E-state index in [1.807, 2.05) is 23.4 Å². The van der Waals surface area contributed by atoms with Gasteiger partial charge in [0, 0.05) is 24.2 Å². The number of likely N-dealkylation sites (tertiary alicyclic amines) is 1. The van der Waals surface area contributed by atoms with Crippen molar-refractivity contribution in [2.45, 2.75) is 32.7 Å². The molecule has 6 nitrogen and oxygen atoms in total. The lowest BCUT2D eigenvalue weighted by Gasteiger charge is -2.33. The standard InChI is InChI=1S/C16H20N4O2S/c1-10-6-11(2)20(18-10)13-4-3-5-19(8-13)16(22)14-7-12(9-23-14)15(17)21/h6-7,9,13H,3-5,8H2,1-2H3,(H2,17,21)/t13-/m1/s1. The zero-order chi connectivity index (χ0) is 16.6. The Labute approximate surface area is 138 Å². The molecule has 122 valence electrons. The SMILES string of the molecule is Cc1cc(C)n([C@@H]2CCCN(C(=O)c3cc(C(N)=O)cs3)C2)n1. The molecule has 1 aliphatic heterocycles. The summed E-state index contributed by atoms with van der Waals surface area (Å²) < 4.78 is 2.03. The molecule has 1 fully saturated rings. The molecule has 1 atom stereocenters. The molecule has 23 heavy (non-hydrogen) atoms. The first kappa shape index (κ1) is 15.7. The Morgan fingerprint density at radius 2 is 2.13 bits per heavy atom. The molecule has 0 bridgehead atoms. The van der Waals surface area contributed by atoms with E-state index in [0.717, 1.165) is 30.8 Å². The first-order valence-electron chi connectivity index (χ1n) is 7.66. The first-order valence-corrected chi connectivity index (χ1v) is 8.54. The summed E-state index contributed by atoms with van der Waals surface area (Å²) >= 11 is 1.27. The van der Waals surface area contributed by atoms with Crippen LogP contribution < -0.4 is 5.73 Å². The summed E-state index contributed by atoms with van der Waals surface area (Å²) in [7, 11) is 0. The maximum Gasteiger partial charge on any atom is 0.264 e. The molecule has 1 saturated heterocycles. The van der Waals surface area contributed by atoms with E-state index in [1.54, 1.807) is 11.4 Å². The van der Waals surface area contributed by atoms with E-state index in [9.17, 15) is 9.59 Å². The topological polar surface area (TPSA) is 81.2 Å². The summed E-state index contributed by atoms with van der Waals surface area (Å²) in [6, 6.07) is 3.85. The molecular formula is C16H20N4O2S. The predicted octanol–water partition coefficient (Wildman–Crippen LogP) is 2.14. The van der Waals surface area contributed by atoms with Crippen molar-refractivity contribution in [3.05, 3.63) is 39.3 Å². The van der Waals surface area contributed by atoms with Gasteiger partial charge in [0.2, 0.25) is 5.91 Å². The number of piperidine rings is 1. The summed E-state index contributed by atoms with van der Waals surface area (Å²) in [5.74, 6) is -0.534. The number of amides is 2. The first-order chi connectivity index (χ1) is 11.0. The molecule has 3 rings (SSSR count). The van der Waals surface area contributed by atoms with Gasteiger partial charge in [0.25, 0.3) is 5.91 Å². The lowest BCUT2D eigenvalue weighted by atomic mass is 10.1. The second-order valence-corrected chi connectivity index (χ2v) is 6.89. The van der Waals surface area contributed by atoms with E-state index in [2.05, 4.69) is 11.2 Å². The molecular weight excluding hydrogens is 312 g/mol. The highest BCUT2D eigenvalue weighted by Gasteiger charge is 2.27. The number of carbonyl (C=O) groups is 2. The van der Waals surface area contributed by atoms with Crippen molar-refractivity contribution in [2.75, 3.05) is 13.1 Å². The van der Waals surface area contributed by atoms with Crippen LogP contribution in [-0.2, 0) is 0 Å². The Morgan fingerprint density at radius 3 is 2.74 bits per heavy atom. The highest BCUT2D eigenvalue weighted by molar-refractivity contribution is 7.12. The Hall–Kier alpha value is -2.15. The number of carbonyl (C=O) groups excluding carboxylic acids is 2. The van der Waals surface area contributed by atoms with Gasteiger partial charge in [0.05, 0.1) is 22.2 Å². The van der Waals surface area contributed by atoms with Crippen LogP contribution in [0, 0.1) is 13.8 Å². The van der Waals surface area contributed by atoms with Gasteiger partial charge in [-0.05, 0) is 38.8 Å². The van der Waals surface area contributed by atoms with Gasteiger partial charge >= 0.3 is 0 Å². The fourth-order valence-corrected chi connectivity index (χ4v) is 3.95. The van der Waals surface area contributed by atoms with Crippen LogP contribution in [0.25, 0.3) is 0 Å². The van der Waals surface area contributed by atoms with Gasteiger partial charge in [0.1, 0.15) is 0 Å². The van der Waals surface area contributed by atoms with Gasteiger partial charge in [0.15, 0.2) is 0 Å². The summed E-state index contributed by atoms with van der Waals surface area (Å²) in [6.45, 7) is 5.40. The average Bonchev–Trinajstić information content (AvgIpc) is 3.13. The Kier molecular flexibility index (Phi) is 4.21. The molecule has 3 heterocycles. The fraction of sp³-hybridized carbons (Fsp3) is 0.438. The van der Waals surface area contributed by atoms with Gasteiger partial charge in [-0.3, -0.25) is 14.3 Å². The molecule has 0 unspecified atom stereocenters. The number of nitrogens with zero attached hydrogens (tertiary/aromatic N) is 3. The van der Waals surface area contributed by atoms with E-state index in [-0.39, 0.29) is 11.9 Å². The number of nitrogens with two attached hydrogens (primary N) is 1. The monoisotopic (exact) mass is 332 g/mol. The van der Waals surface area contributed by atoms with Gasteiger partial charge in [-0.15, -0.1) is 11.3 Å². The van der Waals surface area contributed by atoms with E-state index < -0.39 is 5.91 Å². The van der Waals surface area contributed by atoms with Crippen LogP contribution in [0.5, 0.6) is 0 Å². The molecule has 0 radical (unpaired) electrons. The fourth-order valence-electron chi connectivity index (χ4n) is 3.09. The summed E-state index contributed by atoms with van der Waals surface area (Å²) in [4.78, 5) is 26.3. The molecule has 0 aliphatic carbocycles. The number of aromatic nitrogens is 2. The van der Waals surface area contributed by atoms with Crippen molar-refractivity contribution in [2.24, 2.45) is 5.73 Å². The van der Waals surface area contributed by atoms with Crippen LogP contribution in [0.3, 0.4) is 0 Å². The molecule has 2 aromatic heterocycles. The molecule has 2 N–H and O–H groups in total. The molecule has 0 aromatic carbocycles. The highest BCUT2D eigenvalue weighted by atomic mass is 32.1. The molecule has 7 heteroatoms.